The number of nitrogens with two attached hydrogens (primary N) is 2. The predicted molar refractivity (Wildman–Crippen MR) is 75.1 cm³/mol. The van der Waals surface area contributed by atoms with Crippen LogP contribution in [0.4, 0.5) is 20.2 Å². The average Bonchev–Trinajstić information content (AvgIpc) is 2.48. The number of halogens is 3. The maximum atomic E-state index is 14.3. The van der Waals surface area contributed by atoms with Gasteiger partial charge in [0.25, 0.3) is 0 Å². The van der Waals surface area contributed by atoms with Crippen molar-refractivity contribution in [1.29, 1.82) is 10.5 Å². The number of rotatable bonds is 1. The number of nitrogens with zero attached hydrogens (tertiary/aromatic N) is 2. The molecule has 2 rings (SSSR count). The number of anilines is 2. The van der Waals surface area contributed by atoms with E-state index in [2.05, 4.69) is 0 Å². The second-order valence-corrected chi connectivity index (χ2v) is 4.50. The molecular weight excluding hydrogens is 298 g/mol. The van der Waals surface area contributed by atoms with Gasteiger partial charge in [-0.25, -0.2) is 8.78 Å². The Hall–Kier alpha value is -2.83. The van der Waals surface area contributed by atoms with Crippen LogP contribution in [-0.4, -0.2) is 0 Å². The van der Waals surface area contributed by atoms with Gasteiger partial charge >= 0.3 is 0 Å². The maximum Gasteiger partial charge on any atom is 0.155 e. The molecule has 4 N–H and O–H groups in total. The summed E-state index contributed by atoms with van der Waals surface area (Å²) in [5.74, 6) is -1.82. The van der Waals surface area contributed by atoms with Crippen LogP contribution in [0.2, 0.25) is 5.02 Å². The van der Waals surface area contributed by atoms with Crippen LogP contribution in [0.3, 0.4) is 0 Å². The Bertz CT molecular complexity index is 835. The van der Waals surface area contributed by atoms with Crippen LogP contribution in [0.5, 0.6) is 0 Å². The fraction of sp³-hybridized carbons (Fsp3) is 0. The molecule has 0 unspecified atom stereocenters. The Kier molecular flexibility index (Phi) is 3.66. The molecule has 0 aliphatic carbocycles. The van der Waals surface area contributed by atoms with E-state index in [1.54, 1.807) is 12.1 Å². The molecule has 0 atom stereocenters. The van der Waals surface area contributed by atoms with E-state index in [0.29, 0.717) is 0 Å². The van der Waals surface area contributed by atoms with Crippen LogP contribution in [0.25, 0.3) is 11.1 Å². The van der Waals surface area contributed by atoms with E-state index in [1.165, 1.54) is 12.1 Å². The van der Waals surface area contributed by atoms with Gasteiger partial charge in [0.05, 0.1) is 39.7 Å². The zero-order chi connectivity index (χ0) is 15.7. The van der Waals surface area contributed by atoms with E-state index < -0.39 is 17.3 Å². The lowest BCUT2D eigenvalue weighted by atomic mass is 9.94. The number of nitriles is 2. The highest BCUT2D eigenvalue weighted by Gasteiger charge is 2.23. The topological polar surface area (TPSA) is 99.6 Å². The minimum absolute atomic E-state index is 0.0916. The molecule has 0 saturated carbocycles. The van der Waals surface area contributed by atoms with E-state index in [-0.39, 0.29) is 33.0 Å². The van der Waals surface area contributed by atoms with E-state index in [0.717, 1.165) is 6.07 Å². The highest BCUT2D eigenvalue weighted by molar-refractivity contribution is 6.36. The van der Waals surface area contributed by atoms with Crippen molar-refractivity contribution >= 4 is 23.0 Å². The number of hydrogen-bond donors (Lipinski definition) is 2. The Morgan fingerprint density at radius 3 is 2.19 bits per heavy atom. The molecule has 21 heavy (non-hydrogen) atoms. The fourth-order valence-corrected chi connectivity index (χ4v) is 2.18. The van der Waals surface area contributed by atoms with Gasteiger partial charge in [-0.15, -0.1) is 0 Å². The second kappa shape index (κ2) is 5.28. The van der Waals surface area contributed by atoms with E-state index >= 15 is 0 Å². The molecule has 2 aromatic rings. The van der Waals surface area contributed by atoms with Crippen LogP contribution < -0.4 is 11.5 Å². The summed E-state index contributed by atoms with van der Waals surface area (Å²) in [7, 11) is 0. The van der Waals surface area contributed by atoms with Crippen molar-refractivity contribution in [3.63, 3.8) is 0 Å². The molecule has 0 heterocycles. The number of benzene rings is 2. The Morgan fingerprint density at radius 1 is 1.00 bits per heavy atom. The first kappa shape index (κ1) is 14.6. The lowest BCUT2D eigenvalue weighted by Crippen LogP contribution is -2.02. The maximum absolute atomic E-state index is 14.3. The first-order valence-electron chi connectivity index (χ1n) is 5.58. The van der Waals surface area contributed by atoms with Crippen molar-refractivity contribution in [3.8, 4) is 23.3 Å². The summed E-state index contributed by atoms with van der Waals surface area (Å²) in [6.45, 7) is 0. The van der Waals surface area contributed by atoms with Crippen molar-refractivity contribution in [2.24, 2.45) is 0 Å². The molecule has 104 valence electrons. The molecule has 7 heteroatoms. The highest BCUT2D eigenvalue weighted by Crippen LogP contribution is 2.40. The van der Waals surface area contributed by atoms with Crippen molar-refractivity contribution in [2.75, 3.05) is 11.5 Å². The standard InChI is InChI=1S/C14H7ClF2N4/c15-12-10(7(5-19)3-8(16)14(12)21)11-6(4-18)1-2-9(20)13(11)17/h1-3H,20-21H2. The predicted octanol–water partition coefficient (Wildman–Crippen LogP) is 3.19. The second-order valence-electron chi connectivity index (χ2n) is 4.12. The summed E-state index contributed by atoms with van der Waals surface area (Å²) in [6, 6.07) is 6.81. The zero-order valence-electron chi connectivity index (χ0n) is 10.4. The van der Waals surface area contributed by atoms with Crippen LogP contribution in [0.15, 0.2) is 18.2 Å². The minimum Gasteiger partial charge on any atom is -0.396 e. The molecule has 2 aromatic carbocycles. The number of hydrogen-bond acceptors (Lipinski definition) is 4. The SMILES string of the molecule is N#Cc1ccc(N)c(F)c1-c1c(C#N)cc(F)c(N)c1Cl. The average molecular weight is 305 g/mol. The van der Waals surface area contributed by atoms with E-state index in [1.807, 2.05) is 0 Å². The first-order chi connectivity index (χ1) is 9.92. The zero-order valence-corrected chi connectivity index (χ0v) is 11.2. The molecule has 0 aromatic heterocycles. The minimum atomic E-state index is -0.918. The van der Waals surface area contributed by atoms with Crippen LogP contribution in [0, 0.1) is 34.3 Å². The lowest BCUT2D eigenvalue weighted by Gasteiger charge is -2.13. The first-order valence-corrected chi connectivity index (χ1v) is 5.96. The van der Waals surface area contributed by atoms with Crippen LogP contribution in [-0.2, 0) is 0 Å². The summed E-state index contributed by atoms with van der Waals surface area (Å²) >= 11 is 5.94. The highest BCUT2D eigenvalue weighted by atomic mass is 35.5. The van der Waals surface area contributed by atoms with Crippen molar-refractivity contribution in [3.05, 3.63) is 46.0 Å². The van der Waals surface area contributed by atoms with Gasteiger partial charge in [0, 0.05) is 11.1 Å². The summed E-state index contributed by atoms with van der Waals surface area (Å²) in [6.07, 6.45) is 0. The third-order valence-electron chi connectivity index (χ3n) is 2.92. The van der Waals surface area contributed by atoms with Crippen molar-refractivity contribution < 1.29 is 8.78 Å². The van der Waals surface area contributed by atoms with E-state index in [9.17, 15) is 8.78 Å². The van der Waals surface area contributed by atoms with E-state index in [4.69, 9.17) is 33.6 Å². The summed E-state index contributed by atoms with van der Waals surface area (Å²) in [5.41, 5.74) is 9.52. The molecule has 4 nitrogen and oxygen atoms in total. The molecule has 0 spiro atoms. The smallest absolute Gasteiger partial charge is 0.155 e. The molecule has 0 amide bonds. The quantitative estimate of drug-likeness (QED) is 0.790. The van der Waals surface area contributed by atoms with Crippen molar-refractivity contribution in [2.45, 2.75) is 0 Å². The molecule has 0 saturated heterocycles. The molecule has 0 bridgehead atoms. The summed E-state index contributed by atoms with van der Waals surface area (Å²) in [5, 5.41) is 17.8. The van der Waals surface area contributed by atoms with Gasteiger partial charge in [-0.05, 0) is 18.2 Å². The Morgan fingerprint density at radius 2 is 1.62 bits per heavy atom. The van der Waals surface area contributed by atoms with Crippen LogP contribution in [0.1, 0.15) is 11.1 Å². The molecule has 0 aliphatic rings. The molecular formula is C14H7ClF2N4. The van der Waals surface area contributed by atoms with Gasteiger partial charge < -0.3 is 11.5 Å². The van der Waals surface area contributed by atoms with Gasteiger partial charge in [-0.2, -0.15) is 10.5 Å². The summed E-state index contributed by atoms with van der Waals surface area (Å²) in [4.78, 5) is 0. The van der Waals surface area contributed by atoms with Crippen LogP contribution >= 0.6 is 11.6 Å². The summed E-state index contributed by atoms with van der Waals surface area (Å²) < 4.78 is 27.8. The van der Waals surface area contributed by atoms with Crippen molar-refractivity contribution in [1.82, 2.24) is 0 Å². The van der Waals surface area contributed by atoms with Gasteiger partial charge in [-0.3, -0.25) is 0 Å². The third-order valence-corrected chi connectivity index (χ3v) is 3.31. The third kappa shape index (κ3) is 2.22. The molecule has 0 radical (unpaired) electrons. The van der Waals surface area contributed by atoms with Gasteiger partial charge in [-0.1, -0.05) is 11.6 Å². The number of nitrogen functional groups attached to an aromatic ring is 2. The van der Waals surface area contributed by atoms with Gasteiger partial charge in [0.2, 0.25) is 0 Å². The normalized spacial score (nSPS) is 9.95. The monoisotopic (exact) mass is 304 g/mol. The Balaban J connectivity index is 3.00. The van der Waals surface area contributed by atoms with Gasteiger partial charge in [0.15, 0.2) is 5.82 Å². The molecule has 0 aliphatic heterocycles. The largest absolute Gasteiger partial charge is 0.396 e. The fourth-order valence-electron chi connectivity index (χ4n) is 1.90. The lowest BCUT2D eigenvalue weighted by molar-refractivity contribution is 0.630. The van der Waals surface area contributed by atoms with Gasteiger partial charge in [0.1, 0.15) is 5.82 Å². The Labute approximate surface area is 123 Å². The molecule has 0 fully saturated rings.